The normalized spacial score (nSPS) is 22.8. The van der Waals surface area contributed by atoms with E-state index in [1.54, 1.807) is 29.4 Å². The average Bonchev–Trinajstić information content (AvgIpc) is 2.62. The van der Waals surface area contributed by atoms with Crippen LogP contribution < -0.4 is 5.32 Å². The molecule has 1 aromatic rings. The molecule has 0 spiro atoms. The molecule has 1 N–H and O–H groups in total. The Balaban J connectivity index is 1.91. The van der Waals surface area contributed by atoms with E-state index in [2.05, 4.69) is 5.32 Å². The molecule has 3 rings (SSSR count). The van der Waals surface area contributed by atoms with E-state index in [1.165, 1.54) is 0 Å². The highest BCUT2D eigenvalue weighted by Crippen LogP contribution is 2.25. The Bertz CT molecular complexity index is 742. The highest BCUT2D eigenvalue weighted by molar-refractivity contribution is 7.89. The van der Waals surface area contributed by atoms with Gasteiger partial charge in [0.25, 0.3) is 5.91 Å². The van der Waals surface area contributed by atoms with Crippen LogP contribution in [0.15, 0.2) is 23.1 Å². The van der Waals surface area contributed by atoms with E-state index in [0.717, 1.165) is 32.4 Å². The first-order chi connectivity index (χ1) is 11.9. The Hall–Kier alpha value is -1.44. The quantitative estimate of drug-likeness (QED) is 0.883. The maximum atomic E-state index is 13.0. The van der Waals surface area contributed by atoms with Crippen molar-refractivity contribution in [2.75, 3.05) is 32.7 Å². The highest BCUT2D eigenvalue weighted by Gasteiger charge is 2.29. The minimum atomic E-state index is -3.54. The van der Waals surface area contributed by atoms with Crippen LogP contribution in [0.5, 0.6) is 0 Å². The van der Waals surface area contributed by atoms with Crippen LogP contribution >= 0.6 is 0 Å². The van der Waals surface area contributed by atoms with Crippen molar-refractivity contribution in [1.29, 1.82) is 0 Å². The molecule has 2 aliphatic heterocycles. The Labute approximate surface area is 150 Å². The Morgan fingerprint density at radius 2 is 1.88 bits per heavy atom. The summed E-state index contributed by atoms with van der Waals surface area (Å²) in [6.07, 6.45) is 2.87. The van der Waals surface area contributed by atoms with Gasteiger partial charge in [-0.1, -0.05) is 12.5 Å². The minimum absolute atomic E-state index is 0.0934. The SMILES string of the molecule is Cc1ccc(C(=O)N2CCNCC2C)cc1S(=O)(=O)N1CCCCC1. The van der Waals surface area contributed by atoms with Gasteiger partial charge in [0.15, 0.2) is 0 Å². The molecule has 1 unspecified atom stereocenters. The zero-order valence-corrected chi connectivity index (χ0v) is 15.8. The summed E-state index contributed by atoms with van der Waals surface area (Å²) in [5.41, 5.74) is 1.14. The van der Waals surface area contributed by atoms with Crippen molar-refractivity contribution in [1.82, 2.24) is 14.5 Å². The first-order valence-corrected chi connectivity index (χ1v) is 10.5. The van der Waals surface area contributed by atoms with Gasteiger partial charge in [-0.3, -0.25) is 4.79 Å². The minimum Gasteiger partial charge on any atom is -0.333 e. The van der Waals surface area contributed by atoms with E-state index in [4.69, 9.17) is 0 Å². The molecule has 0 aromatic heterocycles. The summed E-state index contributed by atoms with van der Waals surface area (Å²) in [4.78, 5) is 15.0. The first kappa shape index (κ1) is 18.4. The van der Waals surface area contributed by atoms with Crippen LogP contribution in [0.4, 0.5) is 0 Å². The molecule has 1 amide bonds. The van der Waals surface area contributed by atoms with Gasteiger partial charge in [-0.2, -0.15) is 4.31 Å². The Morgan fingerprint density at radius 3 is 2.56 bits per heavy atom. The number of piperazine rings is 1. The smallest absolute Gasteiger partial charge is 0.254 e. The number of hydrogen-bond donors (Lipinski definition) is 1. The number of aryl methyl sites for hydroxylation is 1. The molecule has 2 fully saturated rings. The molecule has 2 heterocycles. The van der Waals surface area contributed by atoms with Gasteiger partial charge in [-0.15, -0.1) is 0 Å². The molecular weight excluding hydrogens is 338 g/mol. The molecule has 0 aliphatic carbocycles. The van der Waals surface area contributed by atoms with Crippen LogP contribution in [0, 0.1) is 6.92 Å². The van der Waals surface area contributed by atoms with Crippen molar-refractivity contribution in [3.63, 3.8) is 0 Å². The third-order valence-corrected chi connectivity index (χ3v) is 7.17. The van der Waals surface area contributed by atoms with E-state index in [1.807, 2.05) is 11.8 Å². The third-order valence-electron chi connectivity index (χ3n) is 5.13. The zero-order chi connectivity index (χ0) is 18.0. The summed E-state index contributed by atoms with van der Waals surface area (Å²) in [5.74, 6) is -0.0934. The molecule has 0 bridgehead atoms. The monoisotopic (exact) mass is 365 g/mol. The zero-order valence-electron chi connectivity index (χ0n) is 15.0. The second-order valence-electron chi connectivity index (χ2n) is 7.00. The summed E-state index contributed by atoms with van der Waals surface area (Å²) in [6.45, 7) is 7.09. The molecule has 0 saturated carbocycles. The van der Waals surface area contributed by atoms with Crippen LogP contribution in [0.2, 0.25) is 0 Å². The van der Waals surface area contributed by atoms with Crippen molar-refractivity contribution in [3.8, 4) is 0 Å². The first-order valence-electron chi connectivity index (χ1n) is 9.04. The van der Waals surface area contributed by atoms with Gasteiger partial charge in [0.05, 0.1) is 4.90 Å². The summed E-state index contributed by atoms with van der Waals surface area (Å²) >= 11 is 0. The average molecular weight is 365 g/mol. The number of hydrogen-bond acceptors (Lipinski definition) is 4. The number of carbonyl (C=O) groups is 1. The molecule has 1 atom stereocenters. The van der Waals surface area contributed by atoms with Crippen LogP contribution in [-0.4, -0.2) is 62.3 Å². The van der Waals surface area contributed by atoms with Crippen LogP contribution in [0.25, 0.3) is 0 Å². The van der Waals surface area contributed by atoms with Crippen LogP contribution in [-0.2, 0) is 10.0 Å². The number of benzene rings is 1. The molecule has 1 aromatic carbocycles. The standard InChI is InChI=1S/C18H27N3O3S/c1-14-6-7-16(18(22)21-11-8-19-13-15(21)2)12-17(14)25(23,24)20-9-4-3-5-10-20/h6-7,12,15,19H,3-5,8-11,13H2,1-2H3. The van der Waals surface area contributed by atoms with Crippen molar-refractivity contribution >= 4 is 15.9 Å². The number of nitrogens with one attached hydrogen (secondary N) is 1. The van der Waals surface area contributed by atoms with Gasteiger partial charge in [0, 0.05) is 44.3 Å². The summed E-state index contributed by atoms with van der Waals surface area (Å²) in [7, 11) is -3.54. The topological polar surface area (TPSA) is 69.7 Å². The number of nitrogens with zero attached hydrogens (tertiary/aromatic N) is 2. The molecular formula is C18H27N3O3S. The van der Waals surface area contributed by atoms with E-state index in [0.29, 0.717) is 30.8 Å². The van der Waals surface area contributed by atoms with Gasteiger partial charge in [0.1, 0.15) is 0 Å². The lowest BCUT2D eigenvalue weighted by atomic mass is 10.1. The van der Waals surface area contributed by atoms with E-state index >= 15 is 0 Å². The number of carbonyl (C=O) groups excluding carboxylic acids is 1. The summed E-state index contributed by atoms with van der Waals surface area (Å²) in [6, 6.07) is 5.15. The number of amides is 1. The van der Waals surface area contributed by atoms with E-state index in [-0.39, 0.29) is 16.8 Å². The highest BCUT2D eigenvalue weighted by atomic mass is 32.2. The van der Waals surface area contributed by atoms with Crippen LogP contribution in [0.3, 0.4) is 0 Å². The van der Waals surface area contributed by atoms with Gasteiger partial charge in [-0.25, -0.2) is 8.42 Å². The molecule has 2 aliphatic rings. The predicted octanol–water partition coefficient (Wildman–Crippen LogP) is 1.60. The lowest BCUT2D eigenvalue weighted by Crippen LogP contribution is -2.52. The summed E-state index contributed by atoms with van der Waals surface area (Å²) in [5, 5.41) is 3.26. The Kier molecular flexibility index (Phi) is 5.46. The predicted molar refractivity (Wildman–Crippen MR) is 97.2 cm³/mol. The van der Waals surface area contributed by atoms with Gasteiger partial charge >= 0.3 is 0 Å². The van der Waals surface area contributed by atoms with Crippen molar-refractivity contribution in [2.24, 2.45) is 0 Å². The summed E-state index contributed by atoms with van der Waals surface area (Å²) < 4.78 is 27.6. The second-order valence-corrected chi connectivity index (χ2v) is 8.90. The lowest BCUT2D eigenvalue weighted by molar-refractivity contribution is 0.0655. The molecule has 7 heteroatoms. The fraction of sp³-hybridized carbons (Fsp3) is 0.611. The van der Waals surface area contributed by atoms with E-state index < -0.39 is 10.0 Å². The fourth-order valence-corrected chi connectivity index (χ4v) is 5.33. The molecule has 25 heavy (non-hydrogen) atoms. The van der Waals surface area contributed by atoms with Crippen LogP contribution in [0.1, 0.15) is 42.1 Å². The lowest BCUT2D eigenvalue weighted by Gasteiger charge is -2.34. The van der Waals surface area contributed by atoms with Gasteiger partial charge in [0.2, 0.25) is 10.0 Å². The van der Waals surface area contributed by atoms with Gasteiger partial charge in [-0.05, 0) is 44.4 Å². The molecule has 6 nitrogen and oxygen atoms in total. The fourth-order valence-electron chi connectivity index (χ4n) is 3.56. The molecule has 2 saturated heterocycles. The van der Waals surface area contributed by atoms with Crippen molar-refractivity contribution < 1.29 is 13.2 Å². The second kappa shape index (κ2) is 7.43. The maximum absolute atomic E-state index is 13.0. The van der Waals surface area contributed by atoms with Crippen molar-refractivity contribution in [3.05, 3.63) is 29.3 Å². The largest absolute Gasteiger partial charge is 0.333 e. The van der Waals surface area contributed by atoms with Gasteiger partial charge < -0.3 is 10.2 Å². The van der Waals surface area contributed by atoms with Crippen molar-refractivity contribution in [2.45, 2.75) is 44.0 Å². The molecule has 138 valence electrons. The van der Waals surface area contributed by atoms with E-state index in [9.17, 15) is 13.2 Å². The number of sulfonamides is 1. The number of rotatable bonds is 3. The molecule has 0 radical (unpaired) electrons. The maximum Gasteiger partial charge on any atom is 0.254 e. The number of piperidine rings is 1. The Morgan fingerprint density at radius 1 is 1.16 bits per heavy atom. The third kappa shape index (κ3) is 3.73.